The Hall–Kier alpha value is -1.28. The largest absolute Gasteiger partial charge is 0.466 e. The fourth-order valence-electron chi connectivity index (χ4n) is 5.83. The summed E-state index contributed by atoms with van der Waals surface area (Å²) in [4.78, 5) is 11.3. The Labute approximate surface area is 229 Å². The summed E-state index contributed by atoms with van der Waals surface area (Å²) >= 11 is 0. The standard InChI is InChI=1S/C31H51FO6/c1-3-4-7-14-24(37-30-17-10-12-21-35-30)19-20-26-25(15-8-5-6-9-16-29(33)34-2)27(32)23-28(26)38-31-18-11-13-22-36-31/h9,16,19-20,24-28,30-31H,3-8,10-15,17-18,21-23H2,1-2H3/b16-9+,20-19+. The summed E-state index contributed by atoms with van der Waals surface area (Å²) in [5, 5.41) is 0. The van der Waals surface area contributed by atoms with Crippen LogP contribution in [0.1, 0.15) is 103 Å². The summed E-state index contributed by atoms with van der Waals surface area (Å²) in [5.74, 6) is -0.439. The van der Waals surface area contributed by atoms with Crippen LogP contribution in [0.2, 0.25) is 0 Å². The van der Waals surface area contributed by atoms with Gasteiger partial charge in [0.1, 0.15) is 6.17 Å². The molecular formula is C31H51FO6. The molecule has 2 aliphatic heterocycles. The number of allylic oxidation sites excluding steroid dienone is 1. The van der Waals surface area contributed by atoms with Crippen LogP contribution in [0.4, 0.5) is 4.39 Å². The van der Waals surface area contributed by atoms with Crippen LogP contribution in [0.15, 0.2) is 24.3 Å². The number of hydrogen-bond acceptors (Lipinski definition) is 6. The van der Waals surface area contributed by atoms with Gasteiger partial charge in [0, 0.05) is 31.6 Å². The molecule has 38 heavy (non-hydrogen) atoms. The van der Waals surface area contributed by atoms with Gasteiger partial charge in [0.05, 0.1) is 19.3 Å². The quantitative estimate of drug-likeness (QED) is 0.0895. The molecule has 0 radical (unpaired) electrons. The second-order valence-electron chi connectivity index (χ2n) is 11.0. The fourth-order valence-corrected chi connectivity index (χ4v) is 5.83. The van der Waals surface area contributed by atoms with Crippen molar-refractivity contribution in [2.45, 2.75) is 134 Å². The van der Waals surface area contributed by atoms with Crippen molar-refractivity contribution >= 4 is 5.97 Å². The van der Waals surface area contributed by atoms with E-state index in [-0.39, 0.29) is 42.6 Å². The molecule has 218 valence electrons. The molecule has 7 unspecified atom stereocenters. The van der Waals surface area contributed by atoms with Gasteiger partial charge in [-0.1, -0.05) is 50.8 Å². The highest BCUT2D eigenvalue weighted by molar-refractivity contribution is 5.81. The number of carbonyl (C=O) groups excluding carboxylic acids is 1. The Morgan fingerprint density at radius 2 is 1.79 bits per heavy atom. The van der Waals surface area contributed by atoms with Gasteiger partial charge in [-0.2, -0.15) is 0 Å². The van der Waals surface area contributed by atoms with E-state index in [1.54, 1.807) is 0 Å². The summed E-state index contributed by atoms with van der Waals surface area (Å²) in [5.41, 5.74) is 0. The Balaban J connectivity index is 1.64. The molecule has 7 atom stereocenters. The number of hydrogen-bond donors (Lipinski definition) is 0. The molecule has 0 aromatic carbocycles. The van der Waals surface area contributed by atoms with Crippen LogP contribution in [0.25, 0.3) is 0 Å². The van der Waals surface area contributed by atoms with Gasteiger partial charge in [-0.05, 0) is 70.1 Å². The predicted octanol–water partition coefficient (Wildman–Crippen LogP) is 7.21. The summed E-state index contributed by atoms with van der Waals surface area (Å²) in [6, 6.07) is 0. The number of unbranched alkanes of at least 4 members (excludes halogenated alkanes) is 4. The molecule has 0 N–H and O–H groups in total. The third-order valence-electron chi connectivity index (χ3n) is 8.03. The molecular weight excluding hydrogens is 487 g/mol. The van der Waals surface area contributed by atoms with Gasteiger partial charge in [-0.25, -0.2) is 9.18 Å². The zero-order valence-corrected chi connectivity index (χ0v) is 23.7. The molecule has 6 nitrogen and oxygen atoms in total. The minimum atomic E-state index is -0.898. The summed E-state index contributed by atoms with van der Waals surface area (Å²) in [6.45, 7) is 3.69. The number of ether oxygens (including phenoxy) is 5. The molecule has 0 aromatic heterocycles. The second kappa shape index (κ2) is 18.1. The molecule has 0 bridgehead atoms. The van der Waals surface area contributed by atoms with Crippen molar-refractivity contribution in [1.29, 1.82) is 0 Å². The molecule has 0 amide bonds. The van der Waals surface area contributed by atoms with E-state index in [2.05, 4.69) is 23.8 Å². The smallest absolute Gasteiger partial charge is 0.330 e. The molecule has 1 aliphatic carbocycles. The van der Waals surface area contributed by atoms with Crippen molar-refractivity contribution < 1.29 is 32.9 Å². The van der Waals surface area contributed by atoms with Crippen molar-refractivity contribution in [2.75, 3.05) is 20.3 Å². The van der Waals surface area contributed by atoms with E-state index in [0.717, 1.165) is 90.1 Å². The lowest BCUT2D eigenvalue weighted by Gasteiger charge is -2.30. The molecule has 3 aliphatic rings. The average Bonchev–Trinajstić information content (AvgIpc) is 3.23. The fraction of sp³-hybridized carbons (Fsp3) is 0.839. The van der Waals surface area contributed by atoms with Crippen LogP contribution in [0.3, 0.4) is 0 Å². The molecule has 0 aromatic rings. The van der Waals surface area contributed by atoms with E-state index >= 15 is 4.39 Å². The van der Waals surface area contributed by atoms with Crippen LogP contribution in [0.5, 0.6) is 0 Å². The molecule has 2 saturated heterocycles. The van der Waals surface area contributed by atoms with Crippen molar-refractivity contribution in [3.05, 3.63) is 24.3 Å². The number of methoxy groups -OCH3 is 1. The van der Waals surface area contributed by atoms with Crippen LogP contribution in [0, 0.1) is 11.8 Å². The van der Waals surface area contributed by atoms with Gasteiger partial charge in [0.2, 0.25) is 0 Å². The SMILES string of the molecule is CCCCCC(/C=C/C1C(OC2CCCCO2)CC(F)C1CCCC/C=C/C(=O)OC)OC1CCCCO1. The number of carbonyl (C=O) groups is 1. The summed E-state index contributed by atoms with van der Waals surface area (Å²) < 4.78 is 44.6. The Morgan fingerprint density at radius 1 is 1.03 bits per heavy atom. The maximum absolute atomic E-state index is 15.4. The summed E-state index contributed by atoms with van der Waals surface area (Å²) in [7, 11) is 1.38. The highest BCUT2D eigenvalue weighted by Crippen LogP contribution is 2.42. The molecule has 3 fully saturated rings. The Bertz CT molecular complexity index is 700. The van der Waals surface area contributed by atoms with Gasteiger partial charge in [0.15, 0.2) is 12.6 Å². The molecule has 0 spiro atoms. The van der Waals surface area contributed by atoms with E-state index in [1.807, 2.05) is 6.08 Å². The Morgan fingerprint density at radius 3 is 2.47 bits per heavy atom. The number of alkyl halides is 1. The normalized spacial score (nSPS) is 31.2. The first kappa shape index (κ1) is 31.3. The van der Waals surface area contributed by atoms with Gasteiger partial charge < -0.3 is 23.7 Å². The molecule has 7 heteroatoms. The lowest BCUT2D eigenvalue weighted by molar-refractivity contribution is -0.193. The predicted molar refractivity (Wildman–Crippen MR) is 146 cm³/mol. The van der Waals surface area contributed by atoms with Gasteiger partial charge in [-0.3, -0.25) is 0 Å². The zero-order valence-electron chi connectivity index (χ0n) is 23.7. The molecule has 3 rings (SSSR count). The Kier molecular flexibility index (Phi) is 14.9. The number of halogens is 1. The number of esters is 1. The van der Waals surface area contributed by atoms with Gasteiger partial charge >= 0.3 is 5.97 Å². The maximum Gasteiger partial charge on any atom is 0.330 e. The third-order valence-corrected chi connectivity index (χ3v) is 8.03. The van der Waals surface area contributed by atoms with E-state index in [9.17, 15) is 4.79 Å². The van der Waals surface area contributed by atoms with Crippen molar-refractivity contribution in [1.82, 2.24) is 0 Å². The first-order valence-corrected chi connectivity index (χ1v) is 15.2. The summed E-state index contributed by atoms with van der Waals surface area (Å²) in [6.07, 6.45) is 20.6. The first-order chi connectivity index (χ1) is 18.6. The number of rotatable bonds is 16. The van der Waals surface area contributed by atoms with Gasteiger partial charge in [0.25, 0.3) is 0 Å². The van der Waals surface area contributed by atoms with Crippen molar-refractivity contribution in [3.63, 3.8) is 0 Å². The van der Waals surface area contributed by atoms with Crippen LogP contribution < -0.4 is 0 Å². The maximum atomic E-state index is 15.4. The van der Waals surface area contributed by atoms with E-state index < -0.39 is 6.17 Å². The van der Waals surface area contributed by atoms with E-state index in [0.29, 0.717) is 13.0 Å². The highest BCUT2D eigenvalue weighted by Gasteiger charge is 2.43. The van der Waals surface area contributed by atoms with Crippen LogP contribution in [-0.4, -0.2) is 57.3 Å². The monoisotopic (exact) mass is 538 g/mol. The first-order valence-electron chi connectivity index (χ1n) is 15.2. The average molecular weight is 539 g/mol. The third kappa shape index (κ3) is 11.1. The van der Waals surface area contributed by atoms with Crippen LogP contribution in [-0.2, 0) is 28.5 Å². The minimum absolute atomic E-state index is 0.00862. The van der Waals surface area contributed by atoms with E-state index in [4.69, 9.17) is 18.9 Å². The molecule has 1 saturated carbocycles. The molecule has 2 heterocycles. The van der Waals surface area contributed by atoms with E-state index in [1.165, 1.54) is 19.6 Å². The lowest BCUT2D eigenvalue weighted by Crippen LogP contribution is -2.31. The lowest BCUT2D eigenvalue weighted by atomic mass is 9.88. The van der Waals surface area contributed by atoms with Crippen molar-refractivity contribution in [2.24, 2.45) is 11.8 Å². The van der Waals surface area contributed by atoms with Gasteiger partial charge in [-0.15, -0.1) is 0 Å². The minimum Gasteiger partial charge on any atom is -0.466 e. The van der Waals surface area contributed by atoms with Crippen molar-refractivity contribution in [3.8, 4) is 0 Å². The highest BCUT2D eigenvalue weighted by atomic mass is 19.1. The van der Waals surface area contributed by atoms with Crippen LogP contribution >= 0.6 is 0 Å². The zero-order chi connectivity index (χ0) is 27.0. The second-order valence-corrected chi connectivity index (χ2v) is 11.0. The topological polar surface area (TPSA) is 63.2 Å².